The molecule has 0 spiro atoms. The predicted molar refractivity (Wildman–Crippen MR) is 132 cm³/mol. The molecule has 8 heteroatoms. The van der Waals surface area contributed by atoms with Crippen molar-refractivity contribution < 1.29 is 14.3 Å². The monoisotopic (exact) mass is 475 g/mol. The maximum absolute atomic E-state index is 13.5. The van der Waals surface area contributed by atoms with Crippen LogP contribution in [0.2, 0.25) is 0 Å². The number of hydrogen-bond acceptors (Lipinski definition) is 6. The van der Waals surface area contributed by atoms with Crippen molar-refractivity contribution in [2.45, 2.75) is 70.2 Å². The molecular weight excluding hydrogens is 442 g/mol. The fourth-order valence-corrected chi connectivity index (χ4v) is 5.50. The molecule has 3 heterocycles. The summed E-state index contributed by atoms with van der Waals surface area (Å²) in [6.07, 6.45) is 5.05. The van der Waals surface area contributed by atoms with Gasteiger partial charge in [0, 0.05) is 30.3 Å². The summed E-state index contributed by atoms with van der Waals surface area (Å²) in [5, 5.41) is 3.27. The minimum absolute atomic E-state index is 0.0123. The first-order chi connectivity index (χ1) is 16.5. The van der Waals surface area contributed by atoms with Gasteiger partial charge in [0.1, 0.15) is 11.4 Å². The van der Waals surface area contributed by atoms with E-state index in [1.165, 1.54) is 0 Å². The van der Waals surface area contributed by atoms with E-state index < -0.39 is 5.54 Å². The number of benzene rings is 1. The Morgan fingerprint density at radius 1 is 1.20 bits per heavy atom. The minimum Gasteiger partial charge on any atom is -0.487 e. The molecule has 1 unspecified atom stereocenters. The summed E-state index contributed by atoms with van der Waals surface area (Å²) in [5.41, 5.74) is 7.25. The van der Waals surface area contributed by atoms with E-state index in [2.05, 4.69) is 15.3 Å². The highest BCUT2D eigenvalue weighted by Gasteiger charge is 2.53. The fourth-order valence-electron chi connectivity index (χ4n) is 5.50. The lowest BCUT2D eigenvalue weighted by atomic mass is 9.89. The molecule has 35 heavy (non-hydrogen) atoms. The number of aromatic nitrogens is 1. The van der Waals surface area contributed by atoms with Crippen molar-refractivity contribution in [3.05, 3.63) is 59.9 Å². The Bertz CT molecular complexity index is 1180. The predicted octanol–water partition coefficient (Wildman–Crippen LogP) is 3.50. The number of carbonyl (C=O) groups is 2. The standard InChI is InChI=1S/C27H33N5O3/c1-26(2)14-22(33)32(25(28)31-26)23(16-8-7-11-29-15-16)18-12-19(18)24(34)30-20-13-27(3,4)35-21-10-6-5-9-17(20)21/h5-11,15,18-20,23H,12-14H2,1-4H3,(H2,28,31)(H,30,34)/t18?,19-,20+,23-/m1/s1. The summed E-state index contributed by atoms with van der Waals surface area (Å²) < 4.78 is 6.11. The van der Waals surface area contributed by atoms with Gasteiger partial charge in [-0.15, -0.1) is 0 Å². The van der Waals surface area contributed by atoms with Gasteiger partial charge in [-0.2, -0.15) is 0 Å². The zero-order valence-electron chi connectivity index (χ0n) is 20.7. The third kappa shape index (κ3) is 4.61. The number of aliphatic imine (C=N–C) groups is 1. The van der Waals surface area contributed by atoms with E-state index in [1.54, 1.807) is 17.3 Å². The number of nitrogens with zero attached hydrogens (tertiary/aromatic N) is 3. The van der Waals surface area contributed by atoms with Crippen LogP contribution in [0.5, 0.6) is 5.75 Å². The third-order valence-electron chi connectivity index (χ3n) is 7.10. The largest absolute Gasteiger partial charge is 0.487 e. The van der Waals surface area contributed by atoms with Crippen molar-refractivity contribution in [1.29, 1.82) is 0 Å². The molecule has 2 amide bonds. The lowest BCUT2D eigenvalue weighted by molar-refractivity contribution is -0.132. The number of para-hydroxylation sites is 1. The quantitative estimate of drug-likeness (QED) is 0.688. The Kier molecular flexibility index (Phi) is 5.57. The first-order valence-electron chi connectivity index (χ1n) is 12.2. The minimum atomic E-state index is -0.541. The maximum Gasteiger partial charge on any atom is 0.232 e. The second-order valence-corrected chi connectivity index (χ2v) is 11.1. The topological polar surface area (TPSA) is 110 Å². The first kappa shape index (κ1) is 23.3. The highest BCUT2D eigenvalue weighted by Crippen LogP contribution is 2.51. The number of nitrogens with two attached hydrogens (primary N) is 1. The molecule has 0 bridgehead atoms. The van der Waals surface area contributed by atoms with Gasteiger partial charge in [-0.3, -0.25) is 19.5 Å². The van der Waals surface area contributed by atoms with Gasteiger partial charge in [0.05, 0.1) is 24.0 Å². The van der Waals surface area contributed by atoms with Gasteiger partial charge in [-0.1, -0.05) is 24.3 Å². The van der Waals surface area contributed by atoms with Crippen LogP contribution >= 0.6 is 0 Å². The molecule has 2 aliphatic heterocycles. The normalized spacial score (nSPS) is 27.2. The summed E-state index contributed by atoms with van der Waals surface area (Å²) in [6.45, 7) is 7.86. The number of rotatable bonds is 5. The van der Waals surface area contributed by atoms with Crippen LogP contribution in [0, 0.1) is 11.8 Å². The van der Waals surface area contributed by atoms with E-state index in [9.17, 15) is 9.59 Å². The van der Waals surface area contributed by atoms with E-state index in [4.69, 9.17) is 10.5 Å². The maximum atomic E-state index is 13.5. The number of ether oxygens (including phenoxy) is 1. The van der Waals surface area contributed by atoms with Crippen molar-refractivity contribution in [2.24, 2.45) is 22.6 Å². The average Bonchev–Trinajstić information content (AvgIpc) is 3.56. The van der Waals surface area contributed by atoms with E-state index in [0.29, 0.717) is 12.8 Å². The molecule has 0 radical (unpaired) electrons. The average molecular weight is 476 g/mol. The second-order valence-electron chi connectivity index (χ2n) is 11.1. The highest BCUT2D eigenvalue weighted by atomic mass is 16.5. The molecule has 1 saturated carbocycles. The van der Waals surface area contributed by atoms with Crippen LogP contribution in [0.25, 0.3) is 0 Å². The lowest BCUT2D eigenvalue weighted by Crippen LogP contribution is -2.52. The Balaban J connectivity index is 1.39. The Labute approximate surface area is 206 Å². The van der Waals surface area contributed by atoms with Crippen LogP contribution in [0.4, 0.5) is 0 Å². The van der Waals surface area contributed by atoms with E-state index >= 15 is 0 Å². The molecule has 3 N–H and O–H groups in total. The molecule has 4 atom stereocenters. The van der Waals surface area contributed by atoms with Gasteiger partial charge in [0.25, 0.3) is 0 Å². The number of fused-ring (bicyclic) bond motifs is 1. The fraction of sp³-hybridized carbons (Fsp3) is 0.481. The molecule has 8 nitrogen and oxygen atoms in total. The number of hydrogen-bond donors (Lipinski definition) is 2. The molecule has 5 rings (SSSR count). The van der Waals surface area contributed by atoms with Crippen molar-refractivity contribution in [3.8, 4) is 5.75 Å². The zero-order valence-corrected chi connectivity index (χ0v) is 20.7. The van der Waals surface area contributed by atoms with Crippen LogP contribution in [-0.2, 0) is 9.59 Å². The van der Waals surface area contributed by atoms with E-state index in [-0.39, 0.29) is 53.7 Å². The number of pyridine rings is 1. The Morgan fingerprint density at radius 2 is 1.97 bits per heavy atom. The van der Waals surface area contributed by atoms with Gasteiger partial charge in [0.15, 0.2) is 5.96 Å². The molecule has 1 aliphatic carbocycles. The second kappa shape index (κ2) is 8.36. The van der Waals surface area contributed by atoms with E-state index in [1.807, 2.05) is 64.1 Å². The van der Waals surface area contributed by atoms with E-state index in [0.717, 1.165) is 16.9 Å². The SMILES string of the molecule is CC1(C)CC(=O)N([C@H](c2cccnc2)C2C[C@H]2C(=O)N[C@H]2CC(C)(C)Oc3ccccc32)C(N)=N1. The molecule has 1 aromatic heterocycles. The number of carbonyl (C=O) groups excluding carboxylic acids is 2. The zero-order chi connectivity index (χ0) is 25.0. The van der Waals surface area contributed by atoms with Crippen molar-refractivity contribution in [3.63, 3.8) is 0 Å². The third-order valence-corrected chi connectivity index (χ3v) is 7.10. The van der Waals surface area contributed by atoms with Crippen LogP contribution < -0.4 is 15.8 Å². The van der Waals surface area contributed by atoms with Gasteiger partial charge in [0.2, 0.25) is 11.8 Å². The molecule has 2 aromatic rings. The molecule has 3 aliphatic rings. The van der Waals surface area contributed by atoms with Crippen molar-refractivity contribution >= 4 is 17.8 Å². The summed E-state index contributed by atoms with van der Waals surface area (Å²) in [5.74, 6) is 0.616. The van der Waals surface area contributed by atoms with Crippen LogP contribution in [0.15, 0.2) is 53.8 Å². The molecule has 184 valence electrons. The van der Waals surface area contributed by atoms with Crippen LogP contribution in [0.1, 0.15) is 70.2 Å². The number of amides is 2. The number of nitrogens with one attached hydrogen (secondary N) is 1. The summed E-state index contributed by atoms with van der Waals surface area (Å²) in [4.78, 5) is 37.1. The summed E-state index contributed by atoms with van der Waals surface area (Å²) in [7, 11) is 0. The van der Waals surface area contributed by atoms with Crippen LogP contribution in [0.3, 0.4) is 0 Å². The molecule has 1 fully saturated rings. The molecular formula is C27H33N5O3. The smallest absolute Gasteiger partial charge is 0.232 e. The Hall–Kier alpha value is -3.42. The van der Waals surface area contributed by atoms with Crippen LogP contribution in [-0.4, -0.2) is 38.8 Å². The lowest BCUT2D eigenvalue weighted by Gasteiger charge is -2.38. The Morgan fingerprint density at radius 3 is 2.69 bits per heavy atom. The molecule has 1 aromatic carbocycles. The van der Waals surface area contributed by atoms with Crippen molar-refractivity contribution in [1.82, 2.24) is 15.2 Å². The summed E-state index contributed by atoms with van der Waals surface area (Å²) >= 11 is 0. The first-order valence-corrected chi connectivity index (χ1v) is 12.2. The molecule has 0 saturated heterocycles. The van der Waals surface area contributed by atoms with Crippen molar-refractivity contribution in [2.75, 3.05) is 0 Å². The highest BCUT2D eigenvalue weighted by molar-refractivity contribution is 5.99. The van der Waals surface area contributed by atoms with Gasteiger partial charge >= 0.3 is 0 Å². The van der Waals surface area contributed by atoms with Gasteiger partial charge in [-0.05, 0) is 57.7 Å². The number of guanidine groups is 1. The summed E-state index contributed by atoms with van der Waals surface area (Å²) in [6, 6.07) is 11.1. The van der Waals surface area contributed by atoms with Gasteiger partial charge < -0.3 is 15.8 Å². The van der Waals surface area contributed by atoms with Gasteiger partial charge in [-0.25, -0.2) is 4.99 Å².